The van der Waals surface area contributed by atoms with Crippen LogP contribution < -0.4 is 4.90 Å². The molecule has 0 saturated carbocycles. The van der Waals surface area contributed by atoms with E-state index in [1.807, 2.05) is 56.3 Å². The third-order valence-corrected chi connectivity index (χ3v) is 3.20. The molecule has 1 amide bonds. The van der Waals surface area contributed by atoms with E-state index in [9.17, 15) is 4.79 Å². The predicted molar refractivity (Wildman–Crippen MR) is 79.8 cm³/mol. The lowest BCUT2D eigenvalue weighted by Gasteiger charge is -2.27. The molecule has 2 nitrogen and oxygen atoms in total. The number of anilines is 1. The molecule has 3 heteroatoms. The molecule has 0 aliphatic heterocycles. The molecule has 0 saturated heterocycles. The summed E-state index contributed by atoms with van der Waals surface area (Å²) in [6.07, 6.45) is 0. The minimum absolute atomic E-state index is 0.0613. The van der Waals surface area contributed by atoms with Crippen LogP contribution in [0.2, 0.25) is 5.02 Å². The molecule has 98 valence electrons. The smallest absolute Gasteiger partial charge is 0.260 e. The maximum Gasteiger partial charge on any atom is 0.260 e. The Hall–Kier alpha value is -1.80. The second kappa shape index (κ2) is 5.89. The van der Waals surface area contributed by atoms with Crippen LogP contribution in [0.1, 0.15) is 24.2 Å². The van der Waals surface area contributed by atoms with E-state index in [1.165, 1.54) is 0 Å². The lowest BCUT2D eigenvalue weighted by Crippen LogP contribution is -2.37. The first-order valence-electron chi connectivity index (χ1n) is 6.24. The van der Waals surface area contributed by atoms with Crippen molar-refractivity contribution in [2.45, 2.75) is 19.9 Å². The van der Waals surface area contributed by atoms with Crippen LogP contribution in [0.3, 0.4) is 0 Å². The SMILES string of the molecule is CC(C)N(C(=O)c1ccccc1Cl)c1ccccc1. The number of benzene rings is 2. The van der Waals surface area contributed by atoms with E-state index >= 15 is 0 Å². The fraction of sp³-hybridized carbons (Fsp3) is 0.188. The molecule has 0 fully saturated rings. The second-order valence-corrected chi connectivity index (χ2v) is 4.99. The summed E-state index contributed by atoms with van der Waals surface area (Å²) in [7, 11) is 0. The molecular weight excluding hydrogens is 258 g/mol. The zero-order valence-corrected chi connectivity index (χ0v) is 11.8. The van der Waals surface area contributed by atoms with Crippen LogP contribution in [-0.2, 0) is 0 Å². The zero-order chi connectivity index (χ0) is 13.8. The normalized spacial score (nSPS) is 10.5. The van der Waals surface area contributed by atoms with E-state index in [4.69, 9.17) is 11.6 Å². The van der Waals surface area contributed by atoms with Crippen molar-refractivity contribution >= 4 is 23.2 Å². The number of para-hydroxylation sites is 1. The van der Waals surface area contributed by atoms with Crippen molar-refractivity contribution < 1.29 is 4.79 Å². The Morgan fingerprint density at radius 2 is 1.58 bits per heavy atom. The van der Waals surface area contributed by atoms with Gasteiger partial charge in [0.25, 0.3) is 5.91 Å². The summed E-state index contributed by atoms with van der Waals surface area (Å²) in [5.41, 5.74) is 1.41. The number of hydrogen-bond acceptors (Lipinski definition) is 1. The van der Waals surface area contributed by atoms with Gasteiger partial charge >= 0.3 is 0 Å². The van der Waals surface area contributed by atoms with E-state index in [0.29, 0.717) is 10.6 Å². The summed E-state index contributed by atoms with van der Waals surface area (Å²) < 4.78 is 0. The summed E-state index contributed by atoms with van der Waals surface area (Å²) in [6, 6.07) is 16.8. The van der Waals surface area contributed by atoms with Gasteiger partial charge in [-0.1, -0.05) is 41.9 Å². The molecule has 0 aromatic heterocycles. The Morgan fingerprint density at radius 1 is 1.00 bits per heavy atom. The third-order valence-electron chi connectivity index (χ3n) is 2.87. The van der Waals surface area contributed by atoms with Crippen LogP contribution in [0.15, 0.2) is 54.6 Å². The van der Waals surface area contributed by atoms with E-state index in [2.05, 4.69) is 0 Å². The van der Waals surface area contributed by atoms with Crippen LogP contribution in [0.4, 0.5) is 5.69 Å². The Balaban J connectivity index is 2.41. The van der Waals surface area contributed by atoms with E-state index < -0.39 is 0 Å². The summed E-state index contributed by atoms with van der Waals surface area (Å²) in [6.45, 7) is 3.98. The van der Waals surface area contributed by atoms with Crippen molar-refractivity contribution in [2.24, 2.45) is 0 Å². The Kier molecular flexibility index (Phi) is 4.23. The third kappa shape index (κ3) is 2.96. The van der Waals surface area contributed by atoms with Gasteiger partial charge in [0.05, 0.1) is 10.6 Å². The molecule has 0 radical (unpaired) electrons. The first-order chi connectivity index (χ1) is 9.11. The van der Waals surface area contributed by atoms with Gasteiger partial charge in [-0.2, -0.15) is 0 Å². The molecule has 0 N–H and O–H groups in total. The van der Waals surface area contributed by atoms with Crippen LogP contribution in [-0.4, -0.2) is 11.9 Å². The van der Waals surface area contributed by atoms with Crippen molar-refractivity contribution in [1.82, 2.24) is 0 Å². The van der Waals surface area contributed by atoms with Gasteiger partial charge in [-0.25, -0.2) is 0 Å². The average Bonchev–Trinajstić information content (AvgIpc) is 2.40. The van der Waals surface area contributed by atoms with Gasteiger partial charge in [-0.15, -0.1) is 0 Å². The number of halogens is 1. The molecule has 0 aliphatic rings. The average molecular weight is 274 g/mol. The highest BCUT2D eigenvalue weighted by atomic mass is 35.5. The molecule has 0 unspecified atom stereocenters. The highest BCUT2D eigenvalue weighted by Gasteiger charge is 2.21. The quantitative estimate of drug-likeness (QED) is 0.812. The summed E-state index contributed by atoms with van der Waals surface area (Å²) in [5.74, 6) is -0.0770. The van der Waals surface area contributed by atoms with Crippen molar-refractivity contribution in [2.75, 3.05) is 4.90 Å². The number of nitrogens with zero attached hydrogens (tertiary/aromatic N) is 1. The number of amides is 1. The second-order valence-electron chi connectivity index (χ2n) is 4.58. The minimum atomic E-state index is -0.0770. The van der Waals surface area contributed by atoms with Gasteiger partial charge in [-0.3, -0.25) is 4.79 Å². The van der Waals surface area contributed by atoms with Crippen molar-refractivity contribution in [3.63, 3.8) is 0 Å². The fourth-order valence-electron chi connectivity index (χ4n) is 2.00. The molecule has 2 rings (SSSR count). The van der Waals surface area contributed by atoms with Gasteiger partial charge in [0, 0.05) is 11.7 Å². The largest absolute Gasteiger partial charge is 0.306 e. The Morgan fingerprint density at radius 3 is 2.16 bits per heavy atom. The standard InChI is InChI=1S/C16H16ClNO/c1-12(2)18(13-8-4-3-5-9-13)16(19)14-10-6-7-11-15(14)17/h3-12H,1-2H3. The monoisotopic (exact) mass is 273 g/mol. The summed E-state index contributed by atoms with van der Waals surface area (Å²) in [4.78, 5) is 14.4. The zero-order valence-electron chi connectivity index (χ0n) is 11.0. The summed E-state index contributed by atoms with van der Waals surface area (Å²) in [5, 5.41) is 0.481. The maximum atomic E-state index is 12.6. The van der Waals surface area contributed by atoms with Crippen LogP contribution >= 0.6 is 11.6 Å². The summed E-state index contributed by atoms with van der Waals surface area (Å²) >= 11 is 6.11. The van der Waals surface area contributed by atoms with Crippen LogP contribution in [0.25, 0.3) is 0 Å². The molecule has 2 aromatic carbocycles. The first-order valence-corrected chi connectivity index (χ1v) is 6.62. The van der Waals surface area contributed by atoms with Gasteiger partial charge in [0.1, 0.15) is 0 Å². The highest BCUT2D eigenvalue weighted by molar-refractivity contribution is 6.34. The predicted octanol–water partition coefficient (Wildman–Crippen LogP) is 4.40. The van der Waals surface area contributed by atoms with Crippen molar-refractivity contribution in [1.29, 1.82) is 0 Å². The molecule has 2 aromatic rings. The molecule has 19 heavy (non-hydrogen) atoms. The number of rotatable bonds is 3. The van der Waals surface area contributed by atoms with Gasteiger partial charge < -0.3 is 4.90 Å². The lowest BCUT2D eigenvalue weighted by molar-refractivity contribution is 0.0980. The Bertz CT molecular complexity index is 566. The molecular formula is C16H16ClNO. The number of hydrogen-bond donors (Lipinski definition) is 0. The Labute approximate surface area is 118 Å². The highest BCUT2D eigenvalue weighted by Crippen LogP contribution is 2.23. The number of carbonyl (C=O) groups excluding carboxylic acids is 1. The fourth-order valence-corrected chi connectivity index (χ4v) is 2.22. The maximum absolute atomic E-state index is 12.6. The van der Waals surface area contributed by atoms with E-state index in [-0.39, 0.29) is 11.9 Å². The van der Waals surface area contributed by atoms with Crippen molar-refractivity contribution in [3.05, 3.63) is 65.2 Å². The molecule has 0 heterocycles. The topological polar surface area (TPSA) is 20.3 Å². The molecule has 0 atom stereocenters. The minimum Gasteiger partial charge on any atom is -0.306 e. The first kappa shape index (κ1) is 13.6. The lowest BCUT2D eigenvalue weighted by atomic mass is 10.1. The number of carbonyl (C=O) groups is 1. The molecule has 0 bridgehead atoms. The van der Waals surface area contributed by atoms with Crippen molar-refractivity contribution in [3.8, 4) is 0 Å². The van der Waals surface area contributed by atoms with E-state index in [1.54, 1.807) is 17.0 Å². The molecule has 0 aliphatic carbocycles. The van der Waals surface area contributed by atoms with Gasteiger partial charge in [-0.05, 0) is 38.1 Å². The van der Waals surface area contributed by atoms with E-state index in [0.717, 1.165) is 5.69 Å². The van der Waals surface area contributed by atoms with Gasteiger partial charge in [0.15, 0.2) is 0 Å². The molecule has 0 spiro atoms. The van der Waals surface area contributed by atoms with Crippen LogP contribution in [0.5, 0.6) is 0 Å². The van der Waals surface area contributed by atoms with Crippen LogP contribution in [0, 0.1) is 0 Å². The van der Waals surface area contributed by atoms with Gasteiger partial charge in [0.2, 0.25) is 0 Å².